The first-order valence-corrected chi connectivity index (χ1v) is 9.39. The quantitative estimate of drug-likeness (QED) is 0.745. The molecule has 2 aliphatic rings. The Labute approximate surface area is 167 Å². The number of rotatable bonds is 3. The number of piperazine rings is 1. The van der Waals surface area contributed by atoms with Crippen LogP contribution in [0.1, 0.15) is 15.9 Å². The normalized spacial score (nSPS) is 15.9. The lowest BCUT2D eigenvalue weighted by Crippen LogP contribution is -2.50. The van der Waals surface area contributed by atoms with Gasteiger partial charge in [0.1, 0.15) is 0 Å². The Balaban J connectivity index is 1.33. The van der Waals surface area contributed by atoms with Crippen molar-refractivity contribution >= 4 is 29.5 Å². The molecule has 0 bridgehead atoms. The summed E-state index contributed by atoms with van der Waals surface area (Å²) in [7, 11) is 0. The van der Waals surface area contributed by atoms with E-state index in [1.165, 1.54) is 0 Å². The van der Waals surface area contributed by atoms with Gasteiger partial charge in [0.05, 0.1) is 0 Å². The number of hydrogen-bond acceptors (Lipinski definition) is 4. The minimum absolute atomic E-state index is 0.0644. The number of halogens is 1. The summed E-state index contributed by atoms with van der Waals surface area (Å²) in [6.45, 7) is 2.21. The first-order valence-electron chi connectivity index (χ1n) is 9.02. The predicted octanol–water partition coefficient (Wildman–Crippen LogP) is 3.07. The highest BCUT2D eigenvalue weighted by Gasteiger charge is 2.24. The summed E-state index contributed by atoms with van der Waals surface area (Å²) in [6, 6.07) is 12.5. The van der Waals surface area contributed by atoms with Gasteiger partial charge in [0, 0.05) is 42.8 Å². The van der Waals surface area contributed by atoms with Crippen LogP contribution < -0.4 is 9.47 Å². The number of nitrogens with zero attached hydrogens (tertiary/aromatic N) is 2. The van der Waals surface area contributed by atoms with Crippen molar-refractivity contribution in [2.24, 2.45) is 0 Å². The molecule has 2 aliphatic heterocycles. The molecule has 0 atom stereocenters. The minimum Gasteiger partial charge on any atom is -0.454 e. The van der Waals surface area contributed by atoms with Gasteiger partial charge in [-0.05, 0) is 42.0 Å². The highest BCUT2D eigenvalue weighted by molar-refractivity contribution is 6.30. The molecule has 2 aromatic carbocycles. The van der Waals surface area contributed by atoms with Crippen molar-refractivity contribution in [1.82, 2.24) is 9.80 Å². The second-order valence-corrected chi connectivity index (χ2v) is 7.01. The molecule has 2 aromatic rings. The van der Waals surface area contributed by atoms with Gasteiger partial charge in [-0.1, -0.05) is 23.7 Å². The molecule has 0 radical (unpaired) electrons. The van der Waals surface area contributed by atoms with E-state index in [1.807, 2.05) is 18.2 Å². The SMILES string of the molecule is O=C(/C=C/c1ccc2c(c1)OCO2)N1CCN(C(=O)c2cccc(Cl)c2)CC1. The Hall–Kier alpha value is -2.99. The number of amides is 2. The van der Waals surface area contributed by atoms with Crippen molar-refractivity contribution in [1.29, 1.82) is 0 Å². The zero-order chi connectivity index (χ0) is 19.5. The number of carbonyl (C=O) groups is 2. The average molecular weight is 399 g/mol. The van der Waals surface area contributed by atoms with Gasteiger partial charge in [0.25, 0.3) is 5.91 Å². The molecule has 0 aliphatic carbocycles. The number of benzene rings is 2. The summed E-state index contributed by atoms with van der Waals surface area (Å²) in [5.74, 6) is 1.25. The summed E-state index contributed by atoms with van der Waals surface area (Å²) in [5.41, 5.74) is 1.43. The van der Waals surface area contributed by atoms with Crippen molar-refractivity contribution < 1.29 is 19.1 Å². The molecule has 7 heteroatoms. The first kappa shape index (κ1) is 18.4. The van der Waals surface area contributed by atoms with Crippen LogP contribution in [0.2, 0.25) is 5.02 Å². The largest absolute Gasteiger partial charge is 0.454 e. The smallest absolute Gasteiger partial charge is 0.254 e. The highest BCUT2D eigenvalue weighted by Crippen LogP contribution is 2.32. The van der Waals surface area contributed by atoms with E-state index >= 15 is 0 Å². The maximum atomic E-state index is 12.6. The van der Waals surface area contributed by atoms with Crippen molar-refractivity contribution in [2.45, 2.75) is 0 Å². The summed E-state index contributed by atoms with van der Waals surface area (Å²) < 4.78 is 10.6. The Bertz CT molecular complexity index is 936. The van der Waals surface area contributed by atoms with Gasteiger partial charge in [-0.2, -0.15) is 0 Å². The van der Waals surface area contributed by atoms with Crippen LogP contribution >= 0.6 is 11.6 Å². The van der Waals surface area contributed by atoms with Crippen LogP contribution in [0.5, 0.6) is 11.5 Å². The predicted molar refractivity (Wildman–Crippen MR) is 106 cm³/mol. The zero-order valence-corrected chi connectivity index (χ0v) is 15.9. The third-order valence-corrected chi connectivity index (χ3v) is 5.00. The number of ether oxygens (including phenoxy) is 2. The fraction of sp³-hybridized carbons (Fsp3) is 0.238. The van der Waals surface area contributed by atoms with Crippen LogP contribution in [-0.4, -0.2) is 54.6 Å². The van der Waals surface area contributed by atoms with Crippen molar-refractivity contribution in [3.63, 3.8) is 0 Å². The Kier molecular flexibility index (Phi) is 5.21. The molecule has 0 N–H and O–H groups in total. The Morgan fingerprint density at radius 3 is 2.46 bits per heavy atom. The van der Waals surface area contributed by atoms with Gasteiger partial charge in [-0.3, -0.25) is 9.59 Å². The van der Waals surface area contributed by atoms with Gasteiger partial charge < -0.3 is 19.3 Å². The van der Waals surface area contributed by atoms with Gasteiger partial charge in [0.15, 0.2) is 11.5 Å². The highest BCUT2D eigenvalue weighted by atomic mass is 35.5. The van der Waals surface area contributed by atoms with E-state index in [4.69, 9.17) is 21.1 Å². The first-order chi connectivity index (χ1) is 13.6. The molecule has 0 saturated carbocycles. The standard InChI is InChI=1S/C21H19ClN2O4/c22-17-3-1-2-16(13-17)21(26)24-10-8-23(9-11-24)20(25)7-5-15-4-6-18-19(12-15)28-14-27-18/h1-7,12-13H,8-11,14H2/b7-5+. The second-order valence-electron chi connectivity index (χ2n) is 6.57. The maximum Gasteiger partial charge on any atom is 0.254 e. The van der Waals surface area contributed by atoms with E-state index in [9.17, 15) is 9.59 Å². The van der Waals surface area contributed by atoms with Gasteiger partial charge in [-0.15, -0.1) is 0 Å². The van der Waals surface area contributed by atoms with Gasteiger partial charge in [-0.25, -0.2) is 0 Å². The molecule has 4 rings (SSSR count). The molecule has 1 saturated heterocycles. The molecule has 0 aromatic heterocycles. The fourth-order valence-electron chi connectivity index (χ4n) is 3.22. The van der Waals surface area contributed by atoms with Gasteiger partial charge >= 0.3 is 0 Å². The molecule has 28 heavy (non-hydrogen) atoms. The summed E-state index contributed by atoms with van der Waals surface area (Å²) in [6.07, 6.45) is 3.31. The Morgan fingerprint density at radius 2 is 1.68 bits per heavy atom. The number of carbonyl (C=O) groups excluding carboxylic acids is 2. The van der Waals surface area contributed by atoms with E-state index in [-0.39, 0.29) is 18.6 Å². The molecule has 144 valence electrons. The molecule has 0 unspecified atom stereocenters. The van der Waals surface area contributed by atoms with E-state index < -0.39 is 0 Å². The van der Waals surface area contributed by atoms with E-state index in [1.54, 1.807) is 46.2 Å². The van der Waals surface area contributed by atoms with E-state index in [0.717, 1.165) is 5.56 Å². The van der Waals surface area contributed by atoms with Crippen LogP contribution in [0.4, 0.5) is 0 Å². The topological polar surface area (TPSA) is 59.1 Å². The van der Waals surface area contributed by atoms with E-state index in [0.29, 0.717) is 48.3 Å². The molecular weight excluding hydrogens is 380 g/mol. The van der Waals surface area contributed by atoms with Crippen molar-refractivity contribution in [3.8, 4) is 11.5 Å². The summed E-state index contributed by atoms with van der Waals surface area (Å²) in [5, 5.41) is 0.535. The monoisotopic (exact) mass is 398 g/mol. The maximum absolute atomic E-state index is 12.6. The van der Waals surface area contributed by atoms with Crippen LogP contribution in [0.15, 0.2) is 48.5 Å². The molecule has 2 amide bonds. The average Bonchev–Trinajstić information content (AvgIpc) is 3.19. The van der Waals surface area contributed by atoms with Gasteiger partial charge in [0.2, 0.25) is 12.7 Å². The molecular formula is C21H19ClN2O4. The third kappa shape index (κ3) is 3.97. The number of fused-ring (bicyclic) bond motifs is 1. The second kappa shape index (κ2) is 7.94. The lowest BCUT2D eigenvalue weighted by molar-refractivity contribution is -0.127. The fourth-order valence-corrected chi connectivity index (χ4v) is 3.41. The summed E-state index contributed by atoms with van der Waals surface area (Å²) in [4.78, 5) is 28.5. The molecule has 2 heterocycles. The zero-order valence-electron chi connectivity index (χ0n) is 15.1. The number of hydrogen-bond donors (Lipinski definition) is 0. The lowest BCUT2D eigenvalue weighted by atomic mass is 10.1. The Morgan fingerprint density at radius 1 is 0.929 bits per heavy atom. The van der Waals surface area contributed by atoms with Crippen molar-refractivity contribution in [2.75, 3.05) is 33.0 Å². The van der Waals surface area contributed by atoms with Crippen molar-refractivity contribution in [3.05, 3.63) is 64.7 Å². The molecule has 1 fully saturated rings. The van der Waals surface area contributed by atoms with Crippen LogP contribution in [0.25, 0.3) is 6.08 Å². The van der Waals surface area contributed by atoms with Crippen LogP contribution in [0, 0.1) is 0 Å². The van der Waals surface area contributed by atoms with Crippen LogP contribution in [0.3, 0.4) is 0 Å². The molecule has 0 spiro atoms. The molecule has 6 nitrogen and oxygen atoms in total. The van der Waals surface area contributed by atoms with E-state index in [2.05, 4.69) is 0 Å². The summed E-state index contributed by atoms with van der Waals surface area (Å²) >= 11 is 5.96. The van der Waals surface area contributed by atoms with Crippen LogP contribution in [-0.2, 0) is 4.79 Å². The third-order valence-electron chi connectivity index (χ3n) is 4.77. The minimum atomic E-state index is -0.0764. The lowest BCUT2D eigenvalue weighted by Gasteiger charge is -2.34.